The molecule has 0 saturated heterocycles. The molecule has 0 unspecified atom stereocenters. The van der Waals surface area contributed by atoms with Gasteiger partial charge in [-0.3, -0.25) is 19.4 Å². The maximum Gasteiger partial charge on any atom is 0.230 e. The first-order chi connectivity index (χ1) is 11.1. The lowest BCUT2D eigenvalue weighted by molar-refractivity contribution is -0.130. The van der Waals surface area contributed by atoms with Gasteiger partial charge in [0.15, 0.2) is 0 Å². The SMILES string of the molecule is CCCN(CCC)CNC(=O)CC(=O)NCN(CCC)CCC. The Morgan fingerprint density at radius 2 is 0.957 bits per heavy atom. The number of nitrogens with zero attached hydrogens (tertiary/aromatic N) is 2. The van der Waals surface area contributed by atoms with Crippen LogP contribution in [0.3, 0.4) is 0 Å². The smallest absolute Gasteiger partial charge is 0.230 e. The number of amides is 2. The molecule has 0 radical (unpaired) electrons. The molecular formula is C17H36N4O2. The zero-order chi connectivity index (χ0) is 17.5. The number of nitrogens with one attached hydrogen (secondary N) is 2. The molecule has 2 N–H and O–H groups in total. The summed E-state index contributed by atoms with van der Waals surface area (Å²) in [5.41, 5.74) is 0. The summed E-state index contributed by atoms with van der Waals surface area (Å²) in [7, 11) is 0. The normalized spacial score (nSPS) is 11.0. The predicted octanol–water partition coefficient (Wildman–Crippen LogP) is 1.77. The van der Waals surface area contributed by atoms with Gasteiger partial charge >= 0.3 is 0 Å². The first-order valence-electron chi connectivity index (χ1n) is 9.05. The van der Waals surface area contributed by atoms with Crippen molar-refractivity contribution in [2.45, 2.75) is 59.8 Å². The summed E-state index contributed by atoms with van der Waals surface area (Å²) in [6.07, 6.45) is 4.13. The molecule has 23 heavy (non-hydrogen) atoms. The van der Waals surface area contributed by atoms with Crippen LogP contribution in [0.25, 0.3) is 0 Å². The molecule has 0 aliphatic heterocycles. The van der Waals surface area contributed by atoms with Gasteiger partial charge in [0.1, 0.15) is 6.42 Å². The quantitative estimate of drug-likeness (QED) is 0.377. The van der Waals surface area contributed by atoms with E-state index in [9.17, 15) is 9.59 Å². The van der Waals surface area contributed by atoms with Gasteiger partial charge in [0.25, 0.3) is 0 Å². The molecule has 0 aliphatic rings. The summed E-state index contributed by atoms with van der Waals surface area (Å²) in [4.78, 5) is 28.1. The van der Waals surface area contributed by atoms with Crippen molar-refractivity contribution in [2.75, 3.05) is 39.5 Å². The van der Waals surface area contributed by atoms with Crippen molar-refractivity contribution in [3.05, 3.63) is 0 Å². The van der Waals surface area contributed by atoms with Crippen molar-refractivity contribution in [1.82, 2.24) is 20.4 Å². The van der Waals surface area contributed by atoms with E-state index in [2.05, 4.69) is 48.1 Å². The van der Waals surface area contributed by atoms with Crippen molar-refractivity contribution < 1.29 is 9.59 Å². The second kappa shape index (κ2) is 14.5. The van der Waals surface area contributed by atoms with Crippen LogP contribution in [0.15, 0.2) is 0 Å². The Labute approximate surface area is 142 Å². The van der Waals surface area contributed by atoms with Crippen molar-refractivity contribution in [3.8, 4) is 0 Å². The summed E-state index contributed by atoms with van der Waals surface area (Å²) in [5, 5.41) is 5.67. The van der Waals surface area contributed by atoms with Gasteiger partial charge in [0.05, 0.1) is 13.3 Å². The molecule has 0 aromatic heterocycles. The minimum absolute atomic E-state index is 0.0990. The van der Waals surface area contributed by atoms with Crippen LogP contribution in [0.5, 0.6) is 0 Å². The summed E-state index contributed by atoms with van der Waals surface area (Å²) >= 11 is 0. The minimum atomic E-state index is -0.211. The van der Waals surface area contributed by atoms with E-state index in [1.807, 2.05) is 0 Å². The van der Waals surface area contributed by atoms with Crippen LogP contribution in [-0.4, -0.2) is 61.1 Å². The van der Waals surface area contributed by atoms with E-state index < -0.39 is 0 Å². The first-order valence-corrected chi connectivity index (χ1v) is 9.05. The Morgan fingerprint density at radius 3 is 1.22 bits per heavy atom. The zero-order valence-electron chi connectivity index (χ0n) is 15.5. The Kier molecular flexibility index (Phi) is 13.7. The summed E-state index contributed by atoms with van der Waals surface area (Å²) in [6, 6.07) is 0. The third kappa shape index (κ3) is 12.0. The second-order valence-electron chi connectivity index (χ2n) is 5.93. The average molecular weight is 329 g/mol. The molecule has 6 heteroatoms. The molecule has 0 saturated carbocycles. The van der Waals surface area contributed by atoms with E-state index in [1.54, 1.807) is 0 Å². The second-order valence-corrected chi connectivity index (χ2v) is 5.93. The standard InChI is InChI=1S/C17H36N4O2/c1-5-9-20(10-6-2)14-18-16(22)13-17(23)19-15-21(11-7-3)12-8-4/h5-15H2,1-4H3,(H,18,22)(H,19,23). The largest absolute Gasteiger partial charge is 0.343 e. The fourth-order valence-electron chi connectivity index (χ4n) is 2.48. The number of hydrogen-bond acceptors (Lipinski definition) is 4. The van der Waals surface area contributed by atoms with Gasteiger partial charge in [-0.25, -0.2) is 0 Å². The van der Waals surface area contributed by atoms with Crippen LogP contribution < -0.4 is 10.6 Å². The predicted molar refractivity (Wildman–Crippen MR) is 94.9 cm³/mol. The molecule has 0 spiro atoms. The fraction of sp³-hybridized carbons (Fsp3) is 0.882. The lowest BCUT2D eigenvalue weighted by Gasteiger charge is -2.22. The van der Waals surface area contributed by atoms with E-state index in [-0.39, 0.29) is 18.2 Å². The van der Waals surface area contributed by atoms with Crippen LogP contribution in [0.4, 0.5) is 0 Å². The summed E-state index contributed by atoms with van der Waals surface area (Å²) in [5.74, 6) is -0.422. The van der Waals surface area contributed by atoms with Crippen LogP contribution >= 0.6 is 0 Å². The van der Waals surface area contributed by atoms with Crippen LogP contribution in [0.2, 0.25) is 0 Å². The van der Waals surface area contributed by atoms with Gasteiger partial charge in [-0.15, -0.1) is 0 Å². The lowest BCUT2D eigenvalue weighted by Crippen LogP contribution is -2.42. The molecule has 0 aliphatic carbocycles. The van der Waals surface area contributed by atoms with Gasteiger partial charge in [-0.1, -0.05) is 27.7 Å². The maximum atomic E-state index is 11.9. The molecule has 136 valence electrons. The molecule has 0 atom stereocenters. The zero-order valence-corrected chi connectivity index (χ0v) is 15.5. The molecule has 0 heterocycles. The molecule has 0 aromatic carbocycles. The number of carbonyl (C=O) groups is 2. The Bertz CT molecular complexity index is 282. The number of hydrogen-bond donors (Lipinski definition) is 2. The van der Waals surface area contributed by atoms with Gasteiger partial charge in [0.2, 0.25) is 11.8 Å². The van der Waals surface area contributed by atoms with Crippen molar-refractivity contribution in [2.24, 2.45) is 0 Å². The van der Waals surface area contributed by atoms with Gasteiger partial charge in [0, 0.05) is 0 Å². The van der Waals surface area contributed by atoms with Crippen LogP contribution in [0, 0.1) is 0 Å². The Hall–Kier alpha value is -1.14. The van der Waals surface area contributed by atoms with Crippen molar-refractivity contribution >= 4 is 11.8 Å². The van der Waals surface area contributed by atoms with E-state index >= 15 is 0 Å². The van der Waals surface area contributed by atoms with E-state index in [1.165, 1.54) is 0 Å². The number of rotatable bonds is 14. The highest BCUT2D eigenvalue weighted by molar-refractivity contribution is 5.96. The molecule has 0 fully saturated rings. The third-order valence-corrected chi connectivity index (χ3v) is 3.48. The molecule has 2 amide bonds. The van der Waals surface area contributed by atoms with Gasteiger partial charge in [-0.2, -0.15) is 0 Å². The summed E-state index contributed by atoms with van der Waals surface area (Å²) in [6.45, 7) is 13.4. The van der Waals surface area contributed by atoms with Crippen molar-refractivity contribution in [3.63, 3.8) is 0 Å². The maximum absolute atomic E-state index is 11.9. The molecule has 0 rings (SSSR count). The molecular weight excluding hydrogens is 292 g/mol. The van der Waals surface area contributed by atoms with E-state index in [0.29, 0.717) is 13.3 Å². The average Bonchev–Trinajstić information content (AvgIpc) is 2.51. The highest BCUT2D eigenvalue weighted by Gasteiger charge is 2.11. The third-order valence-electron chi connectivity index (χ3n) is 3.48. The minimum Gasteiger partial charge on any atom is -0.343 e. The molecule has 0 bridgehead atoms. The van der Waals surface area contributed by atoms with Crippen LogP contribution in [-0.2, 0) is 9.59 Å². The molecule has 6 nitrogen and oxygen atoms in total. The monoisotopic (exact) mass is 328 g/mol. The van der Waals surface area contributed by atoms with E-state index in [4.69, 9.17) is 0 Å². The lowest BCUT2D eigenvalue weighted by atomic mass is 10.3. The highest BCUT2D eigenvalue weighted by atomic mass is 16.2. The fourth-order valence-corrected chi connectivity index (χ4v) is 2.48. The molecule has 0 aromatic rings. The highest BCUT2D eigenvalue weighted by Crippen LogP contribution is 1.94. The van der Waals surface area contributed by atoms with Crippen molar-refractivity contribution in [1.29, 1.82) is 0 Å². The Balaban J connectivity index is 4.01. The van der Waals surface area contributed by atoms with Crippen LogP contribution in [0.1, 0.15) is 59.8 Å². The van der Waals surface area contributed by atoms with E-state index in [0.717, 1.165) is 51.9 Å². The Morgan fingerprint density at radius 1 is 0.652 bits per heavy atom. The topological polar surface area (TPSA) is 64.7 Å². The first kappa shape index (κ1) is 21.9. The summed E-state index contributed by atoms with van der Waals surface area (Å²) < 4.78 is 0. The number of carbonyl (C=O) groups excluding carboxylic acids is 2. The van der Waals surface area contributed by atoms with Gasteiger partial charge < -0.3 is 10.6 Å². The van der Waals surface area contributed by atoms with Gasteiger partial charge in [-0.05, 0) is 51.9 Å².